The number of methoxy groups -OCH3 is 1. The lowest BCUT2D eigenvalue weighted by Crippen LogP contribution is -2.53. The smallest absolute Gasteiger partial charge is 0.255 e. The summed E-state index contributed by atoms with van der Waals surface area (Å²) in [4.78, 5) is 54.3. The van der Waals surface area contributed by atoms with Crippen molar-refractivity contribution in [1.82, 2.24) is 30.0 Å². The number of halogens is 1. The third-order valence-electron chi connectivity index (χ3n) is 13.2. The molecule has 0 bridgehead atoms. The minimum absolute atomic E-state index is 0.0246. The van der Waals surface area contributed by atoms with Gasteiger partial charge in [0.1, 0.15) is 23.5 Å². The Labute approximate surface area is 379 Å². The number of unbranched alkanes of at least 4 members (excludes halogenated alkanes) is 4. The third-order valence-corrected chi connectivity index (χ3v) is 14.3. The van der Waals surface area contributed by atoms with Crippen LogP contribution in [-0.2, 0) is 22.7 Å². The summed E-state index contributed by atoms with van der Waals surface area (Å²) in [6.07, 6.45) is 7.67. The number of thiophene rings is 1. The molecule has 2 atom stereocenters. The van der Waals surface area contributed by atoms with Crippen molar-refractivity contribution in [2.24, 2.45) is 0 Å². The van der Waals surface area contributed by atoms with Crippen LogP contribution >= 0.6 is 11.3 Å². The number of amides is 3. The molecule has 14 heteroatoms. The number of likely N-dealkylation sites (N-methyl/N-ethyl adjacent to an activating group) is 1. The Bertz CT molecular complexity index is 2500. The predicted molar refractivity (Wildman–Crippen MR) is 249 cm³/mol. The molecule has 0 spiro atoms. The Hall–Kier alpha value is -5.44. The summed E-state index contributed by atoms with van der Waals surface area (Å²) in [6.45, 7) is 8.62. The molecule has 2 saturated heterocycles. The van der Waals surface area contributed by atoms with Gasteiger partial charge in [-0.3, -0.25) is 19.3 Å². The molecule has 5 aromatic rings. The summed E-state index contributed by atoms with van der Waals surface area (Å²) in [7, 11) is 5.10. The fraction of sp³-hybridized carbons (Fsp3) is 0.460. The summed E-state index contributed by atoms with van der Waals surface area (Å²) >= 11 is 1.74. The molecule has 338 valence electrons. The van der Waals surface area contributed by atoms with Gasteiger partial charge in [-0.1, -0.05) is 43.5 Å². The Morgan fingerprint density at radius 2 is 1.72 bits per heavy atom. The van der Waals surface area contributed by atoms with Crippen LogP contribution in [0.2, 0.25) is 0 Å². The van der Waals surface area contributed by atoms with E-state index in [0.717, 1.165) is 104 Å². The van der Waals surface area contributed by atoms with E-state index in [1.165, 1.54) is 34.7 Å². The van der Waals surface area contributed by atoms with Gasteiger partial charge in [-0.25, -0.2) is 14.4 Å². The highest BCUT2D eigenvalue weighted by atomic mass is 32.1. The van der Waals surface area contributed by atoms with Crippen LogP contribution in [-0.4, -0.2) is 95.9 Å². The molecule has 0 radical (unpaired) electrons. The number of piperidine rings is 2. The van der Waals surface area contributed by atoms with E-state index < -0.39 is 11.9 Å². The van der Waals surface area contributed by atoms with Crippen molar-refractivity contribution in [2.75, 3.05) is 52.8 Å². The number of anilines is 1. The Morgan fingerprint density at radius 3 is 2.52 bits per heavy atom. The molecule has 2 aromatic heterocycles. The number of ether oxygens (including phenoxy) is 2. The second-order valence-electron chi connectivity index (χ2n) is 17.5. The van der Waals surface area contributed by atoms with E-state index in [-0.39, 0.29) is 42.6 Å². The minimum Gasteiger partial charge on any atom is -0.493 e. The van der Waals surface area contributed by atoms with Crippen LogP contribution in [0, 0.1) is 12.7 Å². The van der Waals surface area contributed by atoms with Gasteiger partial charge >= 0.3 is 0 Å². The Balaban J connectivity index is 0.779. The van der Waals surface area contributed by atoms with Crippen LogP contribution in [0.1, 0.15) is 114 Å². The van der Waals surface area contributed by atoms with Gasteiger partial charge < -0.3 is 29.9 Å². The number of hydrogen-bond donors (Lipinski definition) is 2. The molecular weight excluding hydrogens is 830 g/mol. The number of fused-ring (bicyclic) bond motifs is 2. The monoisotopic (exact) mass is 889 g/mol. The Kier molecular flexibility index (Phi) is 14.2. The maximum Gasteiger partial charge on any atom is 0.255 e. The lowest BCUT2D eigenvalue weighted by atomic mass is 9.85. The van der Waals surface area contributed by atoms with Crippen molar-refractivity contribution in [2.45, 2.75) is 103 Å². The van der Waals surface area contributed by atoms with Crippen LogP contribution in [0.15, 0.2) is 60.0 Å². The maximum absolute atomic E-state index is 14.9. The van der Waals surface area contributed by atoms with E-state index in [2.05, 4.69) is 58.2 Å². The zero-order valence-corrected chi connectivity index (χ0v) is 38.5. The van der Waals surface area contributed by atoms with Gasteiger partial charge in [0, 0.05) is 48.5 Å². The molecule has 0 aliphatic carbocycles. The van der Waals surface area contributed by atoms with Crippen LogP contribution in [0.5, 0.6) is 11.5 Å². The van der Waals surface area contributed by atoms with Gasteiger partial charge in [0.2, 0.25) is 5.91 Å². The van der Waals surface area contributed by atoms with Crippen molar-refractivity contribution in [3.63, 3.8) is 0 Å². The topological polar surface area (TPSA) is 129 Å². The molecule has 2 N–H and O–H groups in total. The number of nitrogens with one attached hydrogen (secondary N) is 2. The second-order valence-corrected chi connectivity index (χ2v) is 18.4. The third kappa shape index (κ3) is 9.79. The number of aryl methyl sites for hydroxylation is 1. The molecule has 3 amide bonds. The van der Waals surface area contributed by atoms with E-state index in [1.54, 1.807) is 29.4 Å². The highest BCUT2D eigenvalue weighted by Gasteiger charge is 2.43. The number of hydrogen-bond acceptors (Lipinski definition) is 11. The first-order valence-electron chi connectivity index (χ1n) is 22.8. The second kappa shape index (κ2) is 20.2. The van der Waals surface area contributed by atoms with Crippen molar-refractivity contribution < 1.29 is 28.2 Å². The molecule has 0 saturated carbocycles. The van der Waals surface area contributed by atoms with E-state index in [0.29, 0.717) is 35.9 Å². The van der Waals surface area contributed by atoms with Gasteiger partial charge in [0.25, 0.3) is 11.8 Å². The normalized spacial score (nSPS) is 17.7. The van der Waals surface area contributed by atoms with Crippen molar-refractivity contribution in [3.8, 4) is 22.6 Å². The first-order valence-corrected chi connectivity index (χ1v) is 23.6. The molecule has 2 fully saturated rings. The highest BCUT2D eigenvalue weighted by Crippen LogP contribution is 2.40. The number of carbonyl (C=O) groups is 3. The van der Waals surface area contributed by atoms with E-state index in [4.69, 9.17) is 19.4 Å². The molecule has 3 aliphatic heterocycles. The number of carbonyl (C=O) groups excluding carboxylic acids is 3. The zero-order valence-electron chi connectivity index (χ0n) is 37.7. The van der Waals surface area contributed by atoms with Crippen LogP contribution in [0.25, 0.3) is 22.0 Å². The summed E-state index contributed by atoms with van der Waals surface area (Å²) in [5.74, 6) is 1.58. The number of likely N-dealkylation sites (tertiary alicyclic amines) is 2. The minimum atomic E-state index is -0.696. The first kappa shape index (κ1) is 45.1. The van der Waals surface area contributed by atoms with Crippen molar-refractivity contribution in [3.05, 3.63) is 98.7 Å². The van der Waals surface area contributed by atoms with Gasteiger partial charge in [-0.15, -0.1) is 11.3 Å². The molecule has 3 aromatic carbocycles. The fourth-order valence-electron chi connectivity index (χ4n) is 9.62. The van der Waals surface area contributed by atoms with Crippen LogP contribution in [0.3, 0.4) is 0 Å². The van der Waals surface area contributed by atoms with Gasteiger partial charge in [-0.05, 0) is 136 Å². The lowest BCUT2D eigenvalue weighted by molar-refractivity contribution is -0.150. The lowest BCUT2D eigenvalue weighted by Gasteiger charge is -2.34. The molecule has 12 nitrogen and oxygen atoms in total. The number of aromatic nitrogens is 2. The number of imide groups is 1. The summed E-state index contributed by atoms with van der Waals surface area (Å²) in [5.41, 5.74) is 6.62. The quantitative estimate of drug-likeness (QED) is 0.0650. The summed E-state index contributed by atoms with van der Waals surface area (Å²) < 4.78 is 27.0. The van der Waals surface area contributed by atoms with E-state index >= 15 is 0 Å². The molecule has 8 rings (SSSR count). The van der Waals surface area contributed by atoms with Crippen molar-refractivity contribution in [1.29, 1.82) is 0 Å². The molecule has 2 unspecified atom stereocenters. The predicted octanol–water partition coefficient (Wildman–Crippen LogP) is 9.02. The molecule has 64 heavy (non-hydrogen) atoms. The SMILES string of the molecule is CNCc1ccccc1-c1csc(C(C)Nc2nc(C)nc3cc(OCCCCCCCN4CCC(c5cc(F)cc6c5CN(C5CCC(=O)N(C)C5=O)C6=O)CC4)c(OC)cc23)c1. The molecular formula is C50H60FN7O5S. The maximum atomic E-state index is 14.9. The summed E-state index contributed by atoms with van der Waals surface area (Å²) in [5, 5.41) is 10.0. The number of benzene rings is 3. The van der Waals surface area contributed by atoms with Gasteiger partial charge in [0.05, 0.1) is 25.3 Å². The largest absolute Gasteiger partial charge is 0.493 e. The number of nitrogens with zero attached hydrogens (tertiary/aromatic N) is 5. The molecule has 5 heterocycles. The molecule has 3 aliphatic rings. The van der Waals surface area contributed by atoms with E-state index in [1.807, 2.05) is 26.1 Å². The fourth-order valence-corrected chi connectivity index (χ4v) is 10.5. The Morgan fingerprint density at radius 1 is 0.938 bits per heavy atom. The number of rotatable bonds is 18. The van der Waals surface area contributed by atoms with Crippen LogP contribution < -0.4 is 20.1 Å². The standard InChI is InChI=1S/C50H60FN7O5S/c1-31(46-23-35(30-64-46)37-14-10-9-13-34(37)28-52-3)53-48-40-26-44(62-5)45(27-42(40)54-32(2)55-48)63-22-12-8-6-7-11-19-57-20-17-33(18-21-57)38-24-36(51)25-39-41(38)29-58(49(39)60)43-15-16-47(59)56(4)50(43)61/h9-10,13-14,23-27,30-31,33,43,52H,6-8,11-12,15-22,28-29H2,1-5H3,(H,53,54,55). The van der Waals surface area contributed by atoms with Gasteiger partial charge in [-0.2, -0.15) is 0 Å². The average molecular weight is 890 g/mol. The van der Waals surface area contributed by atoms with Crippen molar-refractivity contribution >= 4 is 45.8 Å². The highest BCUT2D eigenvalue weighted by molar-refractivity contribution is 7.10. The van der Waals surface area contributed by atoms with E-state index in [9.17, 15) is 18.8 Å². The average Bonchev–Trinajstić information content (AvgIpc) is 3.92. The van der Waals surface area contributed by atoms with Crippen LogP contribution in [0.4, 0.5) is 10.2 Å². The first-order chi connectivity index (χ1) is 31.0. The zero-order chi connectivity index (χ0) is 44.9. The summed E-state index contributed by atoms with van der Waals surface area (Å²) in [6, 6.07) is 16.9. The van der Waals surface area contributed by atoms with Gasteiger partial charge in [0.15, 0.2) is 11.5 Å².